The fraction of sp³-hybridized carbons (Fsp3) is 0.381. The van der Waals surface area contributed by atoms with Crippen molar-refractivity contribution >= 4 is 11.8 Å². The Morgan fingerprint density at radius 3 is 2.82 bits per heavy atom. The van der Waals surface area contributed by atoms with E-state index in [1.165, 1.54) is 6.20 Å². The van der Waals surface area contributed by atoms with E-state index in [9.17, 15) is 9.59 Å². The van der Waals surface area contributed by atoms with Gasteiger partial charge in [0.15, 0.2) is 0 Å². The maximum Gasteiger partial charge on any atom is 0.253 e. The SMILES string of the molecule is O=C(NC1CC(=O)N(Cc2ccccc2)C1)c1ccc(OC2CCOC2)nc1. The highest BCUT2D eigenvalue weighted by Gasteiger charge is 2.30. The van der Waals surface area contributed by atoms with Crippen molar-refractivity contribution in [1.29, 1.82) is 0 Å². The molecule has 0 radical (unpaired) electrons. The van der Waals surface area contributed by atoms with E-state index >= 15 is 0 Å². The molecule has 7 heteroatoms. The molecule has 0 aliphatic carbocycles. The van der Waals surface area contributed by atoms with Gasteiger partial charge in [-0.3, -0.25) is 9.59 Å². The number of nitrogens with one attached hydrogen (secondary N) is 1. The summed E-state index contributed by atoms with van der Waals surface area (Å²) in [6, 6.07) is 13.0. The van der Waals surface area contributed by atoms with Crippen LogP contribution in [0.25, 0.3) is 0 Å². The molecule has 146 valence electrons. The molecule has 2 atom stereocenters. The van der Waals surface area contributed by atoms with Gasteiger partial charge in [0.2, 0.25) is 11.8 Å². The summed E-state index contributed by atoms with van der Waals surface area (Å²) in [5, 5.41) is 2.93. The van der Waals surface area contributed by atoms with Gasteiger partial charge in [-0.15, -0.1) is 0 Å². The molecule has 3 heterocycles. The molecule has 2 fully saturated rings. The highest BCUT2D eigenvalue weighted by atomic mass is 16.5. The minimum Gasteiger partial charge on any atom is -0.472 e. The third-order valence-corrected chi connectivity index (χ3v) is 4.94. The smallest absolute Gasteiger partial charge is 0.253 e. The largest absolute Gasteiger partial charge is 0.472 e. The first-order valence-electron chi connectivity index (χ1n) is 9.50. The van der Waals surface area contributed by atoms with Crippen molar-refractivity contribution in [2.24, 2.45) is 0 Å². The van der Waals surface area contributed by atoms with Crippen molar-refractivity contribution in [3.05, 3.63) is 59.8 Å². The van der Waals surface area contributed by atoms with Crippen LogP contribution in [0.1, 0.15) is 28.8 Å². The summed E-state index contributed by atoms with van der Waals surface area (Å²) in [5.74, 6) is 0.301. The number of ether oxygens (including phenoxy) is 2. The van der Waals surface area contributed by atoms with Crippen LogP contribution < -0.4 is 10.1 Å². The van der Waals surface area contributed by atoms with Gasteiger partial charge in [0.05, 0.1) is 24.8 Å². The number of benzene rings is 1. The lowest BCUT2D eigenvalue weighted by atomic mass is 10.2. The topological polar surface area (TPSA) is 80.8 Å². The zero-order chi connectivity index (χ0) is 19.3. The summed E-state index contributed by atoms with van der Waals surface area (Å²) in [4.78, 5) is 30.7. The Labute approximate surface area is 163 Å². The maximum atomic E-state index is 12.5. The van der Waals surface area contributed by atoms with E-state index in [0.717, 1.165) is 12.0 Å². The minimum atomic E-state index is -0.234. The van der Waals surface area contributed by atoms with E-state index in [4.69, 9.17) is 9.47 Å². The molecule has 1 aromatic carbocycles. The average Bonchev–Trinajstić information content (AvgIpc) is 3.33. The van der Waals surface area contributed by atoms with E-state index in [-0.39, 0.29) is 24.0 Å². The third kappa shape index (κ3) is 4.48. The van der Waals surface area contributed by atoms with Crippen molar-refractivity contribution < 1.29 is 19.1 Å². The summed E-state index contributed by atoms with van der Waals surface area (Å²) in [6.45, 7) is 2.34. The van der Waals surface area contributed by atoms with E-state index in [0.29, 0.717) is 44.2 Å². The molecule has 28 heavy (non-hydrogen) atoms. The van der Waals surface area contributed by atoms with Gasteiger partial charge in [-0.05, 0) is 11.6 Å². The Kier molecular flexibility index (Phi) is 5.53. The minimum absolute atomic E-state index is 0.0206. The fourth-order valence-corrected chi connectivity index (χ4v) is 3.46. The summed E-state index contributed by atoms with van der Waals surface area (Å²) < 4.78 is 11.0. The lowest BCUT2D eigenvalue weighted by Crippen LogP contribution is -2.37. The van der Waals surface area contributed by atoms with E-state index in [2.05, 4.69) is 10.3 Å². The first-order valence-corrected chi connectivity index (χ1v) is 9.50. The van der Waals surface area contributed by atoms with E-state index < -0.39 is 0 Å². The molecule has 2 aliphatic heterocycles. The monoisotopic (exact) mass is 381 g/mol. The number of likely N-dealkylation sites (tertiary alicyclic amines) is 1. The summed E-state index contributed by atoms with van der Waals surface area (Å²) in [7, 11) is 0. The molecule has 4 rings (SSSR count). The molecular formula is C21H23N3O4. The first-order chi connectivity index (χ1) is 13.7. The quantitative estimate of drug-likeness (QED) is 0.825. The number of nitrogens with zero attached hydrogens (tertiary/aromatic N) is 2. The zero-order valence-corrected chi connectivity index (χ0v) is 15.5. The summed E-state index contributed by atoms with van der Waals surface area (Å²) in [5.41, 5.74) is 1.53. The Morgan fingerprint density at radius 1 is 1.25 bits per heavy atom. The van der Waals surface area contributed by atoms with Crippen LogP contribution in [0.5, 0.6) is 5.88 Å². The van der Waals surface area contributed by atoms with Crippen LogP contribution in [0.3, 0.4) is 0 Å². The molecule has 1 N–H and O–H groups in total. The summed E-state index contributed by atoms with van der Waals surface area (Å²) >= 11 is 0. The van der Waals surface area contributed by atoms with Gasteiger partial charge in [-0.25, -0.2) is 4.98 Å². The molecule has 0 bridgehead atoms. The standard InChI is InChI=1S/C21H23N3O4/c25-20-10-17(13-24(20)12-15-4-2-1-3-5-15)23-21(26)16-6-7-19(22-11-16)28-18-8-9-27-14-18/h1-7,11,17-18H,8-10,12-14H2,(H,23,26). The molecular weight excluding hydrogens is 358 g/mol. The lowest BCUT2D eigenvalue weighted by Gasteiger charge is -2.17. The fourth-order valence-electron chi connectivity index (χ4n) is 3.46. The second-order valence-electron chi connectivity index (χ2n) is 7.12. The highest BCUT2D eigenvalue weighted by molar-refractivity contribution is 5.94. The second-order valence-corrected chi connectivity index (χ2v) is 7.12. The number of amides is 2. The zero-order valence-electron chi connectivity index (χ0n) is 15.5. The van der Waals surface area contributed by atoms with Crippen molar-refractivity contribution in [2.75, 3.05) is 19.8 Å². The summed E-state index contributed by atoms with van der Waals surface area (Å²) in [6.07, 6.45) is 2.68. The molecule has 7 nitrogen and oxygen atoms in total. The van der Waals surface area contributed by atoms with Gasteiger partial charge < -0.3 is 19.7 Å². The Balaban J connectivity index is 1.30. The van der Waals surface area contributed by atoms with Gasteiger partial charge >= 0.3 is 0 Å². The predicted octanol–water partition coefficient (Wildman–Crippen LogP) is 1.78. The predicted molar refractivity (Wildman–Crippen MR) is 102 cm³/mol. The third-order valence-electron chi connectivity index (χ3n) is 4.94. The molecule has 2 unspecified atom stereocenters. The van der Waals surface area contributed by atoms with Crippen LogP contribution >= 0.6 is 0 Å². The van der Waals surface area contributed by atoms with Crippen molar-refractivity contribution in [3.63, 3.8) is 0 Å². The van der Waals surface area contributed by atoms with E-state index in [1.807, 2.05) is 30.3 Å². The number of rotatable bonds is 6. The number of hydrogen-bond acceptors (Lipinski definition) is 5. The highest BCUT2D eigenvalue weighted by Crippen LogP contribution is 2.17. The van der Waals surface area contributed by atoms with Gasteiger partial charge in [-0.2, -0.15) is 0 Å². The van der Waals surface area contributed by atoms with Crippen LogP contribution in [0.15, 0.2) is 48.7 Å². The van der Waals surface area contributed by atoms with Gasteiger partial charge in [-0.1, -0.05) is 30.3 Å². The van der Waals surface area contributed by atoms with Crippen LogP contribution in [-0.4, -0.2) is 53.6 Å². The van der Waals surface area contributed by atoms with Crippen molar-refractivity contribution in [3.8, 4) is 5.88 Å². The van der Waals surface area contributed by atoms with Crippen LogP contribution in [-0.2, 0) is 16.1 Å². The molecule has 0 saturated carbocycles. The molecule has 1 aromatic heterocycles. The van der Waals surface area contributed by atoms with Gasteiger partial charge in [0.1, 0.15) is 6.10 Å². The van der Waals surface area contributed by atoms with Crippen LogP contribution in [0, 0.1) is 0 Å². The molecule has 2 aromatic rings. The molecule has 0 spiro atoms. The lowest BCUT2D eigenvalue weighted by molar-refractivity contribution is -0.128. The van der Waals surface area contributed by atoms with Crippen molar-refractivity contribution in [2.45, 2.75) is 31.5 Å². The van der Waals surface area contributed by atoms with Crippen LogP contribution in [0.4, 0.5) is 0 Å². The van der Waals surface area contributed by atoms with Crippen LogP contribution in [0.2, 0.25) is 0 Å². The van der Waals surface area contributed by atoms with E-state index in [1.54, 1.807) is 17.0 Å². The number of hydrogen-bond donors (Lipinski definition) is 1. The Bertz CT molecular complexity index is 819. The average molecular weight is 381 g/mol. The number of pyridine rings is 1. The van der Waals surface area contributed by atoms with Gasteiger partial charge in [0, 0.05) is 38.2 Å². The molecule has 2 aliphatic rings. The number of carbonyl (C=O) groups excluding carboxylic acids is 2. The maximum absolute atomic E-state index is 12.5. The second kappa shape index (κ2) is 8.39. The van der Waals surface area contributed by atoms with Gasteiger partial charge in [0.25, 0.3) is 5.91 Å². The number of aromatic nitrogens is 1. The molecule has 2 saturated heterocycles. The molecule has 2 amide bonds. The van der Waals surface area contributed by atoms with Crippen molar-refractivity contribution in [1.82, 2.24) is 15.2 Å². The number of carbonyl (C=O) groups is 2. The Morgan fingerprint density at radius 2 is 2.11 bits per heavy atom. The first kappa shape index (κ1) is 18.4. The Hall–Kier alpha value is -2.93. The normalized spacial score (nSPS) is 21.7.